The van der Waals surface area contributed by atoms with E-state index in [9.17, 15) is 14.4 Å². The number of anilines is 1. The second-order valence-corrected chi connectivity index (χ2v) is 8.78. The van der Waals surface area contributed by atoms with Gasteiger partial charge in [-0.15, -0.1) is 0 Å². The van der Waals surface area contributed by atoms with Gasteiger partial charge in [0.25, 0.3) is 5.91 Å². The molecule has 1 aliphatic heterocycles. The monoisotopic (exact) mass is 423 g/mol. The highest BCUT2D eigenvalue weighted by Gasteiger charge is 2.49. The topological polar surface area (TPSA) is 87.7 Å². The maximum atomic E-state index is 13.1. The second kappa shape index (κ2) is 8.41. The van der Waals surface area contributed by atoms with Crippen LogP contribution in [-0.2, 0) is 20.5 Å². The van der Waals surface area contributed by atoms with Gasteiger partial charge in [-0.1, -0.05) is 45.0 Å². The quantitative estimate of drug-likeness (QED) is 0.692. The first-order chi connectivity index (χ1) is 14.5. The van der Waals surface area contributed by atoms with Crippen molar-refractivity contribution in [3.63, 3.8) is 0 Å². The number of hydrogen-bond donors (Lipinski definition) is 2. The zero-order chi connectivity index (χ0) is 22.8. The number of amides is 4. The molecule has 1 atom stereocenters. The van der Waals surface area contributed by atoms with Gasteiger partial charge in [0.2, 0.25) is 5.91 Å². The zero-order valence-electron chi connectivity index (χ0n) is 18.6. The Bertz CT molecular complexity index is 977. The van der Waals surface area contributed by atoms with E-state index in [1.165, 1.54) is 0 Å². The minimum Gasteiger partial charge on any atom is -0.494 e. The minimum absolute atomic E-state index is 0.0205. The number of imide groups is 1. The van der Waals surface area contributed by atoms with Gasteiger partial charge in [0.1, 0.15) is 17.8 Å². The number of benzene rings is 2. The van der Waals surface area contributed by atoms with Gasteiger partial charge in [-0.05, 0) is 54.7 Å². The molecule has 2 aromatic rings. The standard InChI is InChI=1S/C24H29N3O4/c1-6-31-19-13-11-18(12-14-19)25-20(28)15-27-21(29)24(5,26-22(27)30)17-9-7-16(8-10-17)23(2,3)4/h7-14H,6,15H2,1-5H3,(H,25,28)(H,26,30). The van der Waals surface area contributed by atoms with Gasteiger partial charge in [-0.3, -0.25) is 14.5 Å². The van der Waals surface area contributed by atoms with Crippen LogP contribution in [0.2, 0.25) is 0 Å². The van der Waals surface area contributed by atoms with Crippen molar-refractivity contribution in [3.05, 3.63) is 59.7 Å². The van der Waals surface area contributed by atoms with Crippen molar-refractivity contribution in [2.75, 3.05) is 18.5 Å². The van der Waals surface area contributed by atoms with Gasteiger partial charge < -0.3 is 15.4 Å². The Kier molecular flexibility index (Phi) is 6.06. The van der Waals surface area contributed by atoms with Crippen LogP contribution in [0.25, 0.3) is 0 Å². The van der Waals surface area contributed by atoms with E-state index in [2.05, 4.69) is 31.4 Å². The Morgan fingerprint density at radius 2 is 1.68 bits per heavy atom. The molecular formula is C24H29N3O4. The number of carbonyl (C=O) groups excluding carboxylic acids is 3. The third-order valence-corrected chi connectivity index (χ3v) is 5.35. The second-order valence-electron chi connectivity index (χ2n) is 8.78. The van der Waals surface area contributed by atoms with Crippen LogP contribution in [0, 0.1) is 0 Å². The Balaban J connectivity index is 1.70. The Hall–Kier alpha value is -3.35. The van der Waals surface area contributed by atoms with Crippen LogP contribution in [0.5, 0.6) is 5.75 Å². The highest BCUT2D eigenvalue weighted by Crippen LogP contribution is 2.31. The average molecular weight is 424 g/mol. The molecule has 0 bridgehead atoms. The van der Waals surface area contributed by atoms with E-state index in [0.29, 0.717) is 23.6 Å². The first-order valence-electron chi connectivity index (χ1n) is 10.3. The van der Waals surface area contributed by atoms with Gasteiger partial charge in [0, 0.05) is 5.69 Å². The fraction of sp³-hybridized carbons (Fsp3) is 0.375. The van der Waals surface area contributed by atoms with E-state index in [4.69, 9.17) is 4.74 Å². The molecule has 2 aromatic carbocycles. The summed E-state index contributed by atoms with van der Waals surface area (Å²) in [5, 5.41) is 5.44. The fourth-order valence-corrected chi connectivity index (χ4v) is 3.49. The van der Waals surface area contributed by atoms with Gasteiger partial charge in [-0.25, -0.2) is 4.79 Å². The van der Waals surface area contributed by atoms with Crippen molar-refractivity contribution in [1.29, 1.82) is 0 Å². The maximum absolute atomic E-state index is 13.1. The number of urea groups is 1. The molecule has 0 spiro atoms. The van der Waals surface area contributed by atoms with Crippen LogP contribution < -0.4 is 15.4 Å². The van der Waals surface area contributed by atoms with Crippen LogP contribution in [0.15, 0.2) is 48.5 Å². The number of rotatable bonds is 6. The summed E-state index contributed by atoms with van der Waals surface area (Å²) in [7, 11) is 0. The average Bonchev–Trinajstić information content (AvgIpc) is 2.93. The molecular weight excluding hydrogens is 394 g/mol. The Morgan fingerprint density at radius 1 is 1.06 bits per heavy atom. The highest BCUT2D eigenvalue weighted by atomic mass is 16.5. The zero-order valence-corrected chi connectivity index (χ0v) is 18.6. The summed E-state index contributed by atoms with van der Waals surface area (Å²) in [6.07, 6.45) is 0. The normalized spacial score (nSPS) is 18.7. The molecule has 0 saturated carbocycles. The van der Waals surface area contributed by atoms with Crippen LogP contribution in [-0.4, -0.2) is 35.9 Å². The molecule has 2 N–H and O–H groups in total. The SMILES string of the molecule is CCOc1ccc(NC(=O)CN2C(=O)NC(C)(c3ccc(C(C)(C)C)cc3)C2=O)cc1. The fourth-order valence-electron chi connectivity index (χ4n) is 3.49. The lowest BCUT2D eigenvalue weighted by atomic mass is 9.84. The first-order valence-corrected chi connectivity index (χ1v) is 10.3. The first kappa shape index (κ1) is 22.3. The molecule has 164 valence electrons. The molecule has 0 aliphatic carbocycles. The Labute approximate surface area is 182 Å². The highest BCUT2D eigenvalue weighted by molar-refractivity contribution is 6.10. The molecule has 1 fully saturated rings. The largest absolute Gasteiger partial charge is 0.494 e. The van der Waals surface area contributed by atoms with Crippen molar-refractivity contribution >= 4 is 23.5 Å². The van der Waals surface area contributed by atoms with Gasteiger partial charge in [0.15, 0.2) is 0 Å². The summed E-state index contributed by atoms with van der Waals surface area (Å²) >= 11 is 0. The number of ether oxygens (including phenoxy) is 1. The lowest BCUT2D eigenvalue weighted by molar-refractivity contribution is -0.133. The predicted octanol–water partition coefficient (Wildman–Crippen LogP) is 3.79. The molecule has 0 aromatic heterocycles. The van der Waals surface area contributed by atoms with Crippen LogP contribution in [0.1, 0.15) is 45.7 Å². The number of hydrogen-bond acceptors (Lipinski definition) is 4. The van der Waals surface area contributed by atoms with Crippen LogP contribution in [0.3, 0.4) is 0 Å². The van der Waals surface area contributed by atoms with E-state index in [-0.39, 0.29) is 12.0 Å². The summed E-state index contributed by atoms with van der Waals surface area (Å²) in [4.78, 5) is 39.0. The van der Waals surface area contributed by atoms with Crippen LogP contribution in [0.4, 0.5) is 10.5 Å². The van der Waals surface area contributed by atoms with Crippen molar-refractivity contribution in [2.45, 2.75) is 45.6 Å². The molecule has 1 heterocycles. The van der Waals surface area contributed by atoms with Crippen LogP contribution >= 0.6 is 0 Å². The van der Waals surface area contributed by atoms with Crippen molar-refractivity contribution < 1.29 is 19.1 Å². The minimum atomic E-state index is -1.22. The van der Waals surface area contributed by atoms with Crippen molar-refractivity contribution in [1.82, 2.24) is 10.2 Å². The summed E-state index contributed by atoms with van der Waals surface area (Å²) in [6, 6.07) is 13.9. The van der Waals surface area contributed by atoms with E-state index in [1.807, 2.05) is 31.2 Å². The number of carbonyl (C=O) groups is 3. The molecule has 31 heavy (non-hydrogen) atoms. The number of nitrogens with one attached hydrogen (secondary N) is 2. The van der Waals surface area contributed by atoms with Crippen molar-refractivity contribution in [3.8, 4) is 5.75 Å². The van der Waals surface area contributed by atoms with Gasteiger partial charge >= 0.3 is 6.03 Å². The van der Waals surface area contributed by atoms with Gasteiger partial charge in [-0.2, -0.15) is 0 Å². The molecule has 4 amide bonds. The molecule has 1 aliphatic rings. The molecule has 7 heteroatoms. The molecule has 1 saturated heterocycles. The summed E-state index contributed by atoms with van der Waals surface area (Å²) < 4.78 is 5.37. The predicted molar refractivity (Wildman–Crippen MR) is 119 cm³/mol. The summed E-state index contributed by atoms with van der Waals surface area (Å²) in [6.45, 7) is 10.1. The third kappa shape index (κ3) is 4.71. The number of nitrogens with zero attached hydrogens (tertiary/aromatic N) is 1. The molecule has 1 unspecified atom stereocenters. The lowest BCUT2D eigenvalue weighted by Gasteiger charge is -2.24. The Morgan fingerprint density at radius 3 is 2.23 bits per heavy atom. The van der Waals surface area contributed by atoms with Crippen molar-refractivity contribution in [2.24, 2.45) is 0 Å². The summed E-state index contributed by atoms with van der Waals surface area (Å²) in [5.74, 6) is -0.217. The van der Waals surface area contributed by atoms with E-state index >= 15 is 0 Å². The summed E-state index contributed by atoms with van der Waals surface area (Å²) in [5.41, 5.74) is 1.12. The molecule has 7 nitrogen and oxygen atoms in total. The molecule has 3 rings (SSSR count). The lowest BCUT2D eigenvalue weighted by Crippen LogP contribution is -2.42. The van der Waals surface area contributed by atoms with Gasteiger partial charge in [0.05, 0.1) is 6.61 Å². The molecule has 0 radical (unpaired) electrons. The van der Waals surface area contributed by atoms with E-state index in [1.54, 1.807) is 31.2 Å². The van der Waals surface area contributed by atoms with E-state index in [0.717, 1.165) is 10.5 Å². The van der Waals surface area contributed by atoms with E-state index < -0.39 is 23.4 Å². The maximum Gasteiger partial charge on any atom is 0.325 e. The third-order valence-electron chi connectivity index (χ3n) is 5.35. The smallest absolute Gasteiger partial charge is 0.325 e.